The zero-order chi connectivity index (χ0) is 20.8. The fraction of sp³-hybridized carbons (Fsp3) is 0.947. The molecule has 1 atom stereocenters. The van der Waals surface area contributed by atoms with Crippen molar-refractivity contribution in [3.63, 3.8) is 0 Å². The van der Waals surface area contributed by atoms with Gasteiger partial charge in [0.1, 0.15) is 0 Å². The van der Waals surface area contributed by atoms with Gasteiger partial charge in [0.15, 0.2) is 12.6 Å². The summed E-state index contributed by atoms with van der Waals surface area (Å²) < 4.78 is 0. The smallest absolute Gasteiger partial charge is 0.450 e. The molecule has 0 bridgehead atoms. The molecule has 7 nitrogen and oxygen atoms in total. The Morgan fingerprint density at radius 3 is 1.42 bits per heavy atom. The van der Waals surface area contributed by atoms with Gasteiger partial charge in [-0.05, 0) is 19.3 Å². The lowest BCUT2D eigenvalue weighted by Crippen LogP contribution is -2.15. The third kappa shape index (κ3) is 38.6. The van der Waals surface area contributed by atoms with Crippen LogP contribution < -0.4 is 0 Å². The topological polar surface area (TPSA) is 138 Å². The first-order chi connectivity index (χ1) is 12.2. The molecule has 0 aromatic heterocycles. The number of aliphatic hydroxyl groups excluding tert-OH is 2. The van der Waals surface area contributed by atoms with Gasteiger partial charge in [0.25, 0.3) is 0 Å². The lowest BCUT2D eigenvalue weighted by atomic mass is 10.0. The van der Waals surface area contributed by atoms with Crippen LogP contribution in [0.15, 0.2) is 0 Å². The first kappa shape index (κ1) is 29.9. The number of unbranched alkanes of at least 4 members (excludes halogenated alkanes) is 8. The Morgan fingerprint density at radius 1 is 0.692 bits per heavy atom. The van der Waals surface area contributed by atoms with E-state index in [1.54, 1.807) is 0 Å². The van der Waals surface area contributed by atoms with Crippen LogP contribution in [0.2, 0.25) is 0 Å². The SMILES string of the molecule is CCCCCCC(C)C(O)O.CCCCCCCCC(O)O.O=C(O)O. The van der Waals surface area contributed by atoms with Crippen molar-refractivity contribution in [3.8, 4) is 0 Å². The lowest BCUT2D eigenvalue weighted by molar-refractivity contribution is -0.0808. The van der Waals surface area contributed by atoms with Crippen molar-refractivity contribution >= 4 is 6.16 Å². The van der Waals surface area contributed by atoms with Crippen LogP contribution in [0.3, 0.4) is 0 Å². The predicted molar refractivity (Wildman–Crippen MR) is 103 cm³/mol. The summed E-state index contributed by atoms with van der Waals surface area (Å²) in [5, 5.41) is 48.4. The van der Waals surface area contributed by atoms with Gasteiger partial charge in [-0.1, -0.05) is 78.6 Å². The van der Waals surface area contributed by atoms with E-state index >= 15 is 0 Å². The number of hydrogen-bond donors (Lipinski definition) is 6. The quantitative estimate of drug-likeness (QED) is 0.207. The number of carboxylic acid groups (broad SMARTS) is 2. The molecule has 0 saturated heterocycles. The van der Waals surface area contributed by atoms with Crippen LogP contribution in [-0.2, 0) is 0 Å². The highest BCUT2D eigenvalue weighted by Gasteiger charge is 2.08. The molecule has 0 spiro atoms. The highest BCUT2D eigenvalue weighted by molar-refractivity contribution is 5.53. The molecule has 0 fully saturated rings. The summed E-state index contributed by atoms with van der Waals surface area (Å²) in [4.78, 5) is 8.56. The molecule has 160 valence electrons. The Morgan fingerprint density at radius 2 is 1.04 bits per heavy atom. The maximum Gasteiger partial charge on any atom is 0.503 e. The van der Waals surface area contributed by atoms with Gasteiger partial charge in [0.2, 0.25) is 0 Å². The summed E-state index contributed by atoms with van der Waals surface area (Å²) in [6, 6.07) is 0. The van der Waals surface area contributed by atoms with E-state index in [0.717, 1.165) is 25.7 Å². The van der Waals surface area contributed by atoms with Gasteiger partial charge in [-0.25, -0.2) is 4.79 Å². The highest BCUT2D eigenvalue weighted by atomic mass is 16.6. The molecular formula is C19H42O7. The molecule has 6 N–H and O–H groups in total. The summed E-state index contributed by atoms with van der Waals surface area (Å²) in [6.45, 7) is 6.23. The maximum absolute atomic E-state index is 8.73. The van der Waals surface area contributed by atoms with Crippen molar-refractivity contribution in [1.82, 2.24) is 0 Å². The molecular weight excluding hydrogens is 340 g/mol. The third-order valence-corrected chi connectivity index (χ3v) is 3.84. The van der Waals surface area contributed by atoms with E-state index in [4.69, 9.17) is 35.4 Å². The molecule has 0 heterocycles. The van der Waals surface area contributed by atoms with E-state index in [2.05, 4.69) is 13.8 Å². The molecule has 0 aromatic carbocycles. The number of carbonyl (C=O) groups is 1. The first-order valence-corrected chi connectivity index (χ1v) is 9.83. The molecule has 1 unspecified atom stereocenters. The van der Waals surface area contributed by atoms with E-state index in [1.807, 2.05) is 6.92 Å². The van der Waals surface area contributed by atoms with Crippen LogP contribution in [0.1, 0.15) is 97.8 Å². The minimum absolute atomic E-state index is 0.0341. The fourth-order valence-electron chi connectivity index (χ4n) is 2.15. The average molecular weight is 383 g/mol. The standard InChI is InChI=1S/2C9H20O2.CH2O3/c1-3-4-5-6-7-8(2)9(10)11;1-2-3-4-5-6-7-8-9(10)11;2-1(3)4/h8-11H,3-7H2,1-2H3;9-11H,2-8H2,1H3;(H2,2,3,4). The van der Waals surface area contributed by atoms with Crippen LogP contribution in [-0.4, -0.2) is 49.4 Å². The summed E-state index contributed by atoms with van der Waals surface area (Å²) >= 11 is 0. The van der Waals surface area contributed by atoms with Gasteiger partial charge in [-0.3, -0.25) is 0 Å². The summed E-state index contributed by atoms with van der Waals surface area (Å²) in [5.74, 6) is 0.0341. The molecule has 26 heavy (non-hydrogen) atoms. The maximum atomic E-state index is 8.73. The van der Waals surface area contributed by atoms with E-state index in [1.165, 1.54) is 44.9 Å². The van der Waals surface area contributed by atoms with Crippen molar-refractivity contribution in [2.45, 2.75) is 110 Å². The van der Waals surface area contributed by atoms with Crippen molar-refractivity contribution in [2.75, 3.05) is 0 Å². The van der Waals surface area contributed by atoms with Gasteiger partial charge in [-0.2, -0.15) is 0 Å². The van der Waals surface area contributed by atoms with Crippen LogP contribution >= 0.6 is 0 Å². The van der Waals surface area contributed by atoms with E-state index < -0.39 is 18.7 Å². The Hall–Kier alpha value is -0.890. The van der Waals surface area contributed by atoms with Crippen molar-refractivity contribution in [3.05, 3.63) is 0 Å². The molecule has 0 aliphatic rings. The first-order valence-electron chi connectivity index (χ1n) is 9.83. The molecule has 0 aliphatic heterocycles. The molecule has 0 rings (SSSR count). The molecule has 0 radical (unpaired) electrons. The molecule has 0 aliphatic carbocycles. The summed E-state index contributed by atoms with van der Waals surface area (Å²) in [5.41, 5.74) is 0. The molecule has 0 aromatic rings. The van der Waals surface area contributed by atoms with Crippen molar-refractivity contribution < 1.29 is 35.4 Å². The zero-order valence-electron chi connectivity index (χ0n) is 16.8. The number of rotatable bonds is 13. The van der Waals surface area contributed by atoms with Gasteiger partial charge in [0.05, 0.1) is 0 Å². The van der Waals surface area contributed by atoms with Crippen LogP contribution in [0.5, 0.6) is 0 Å². The van der Waals surface area contributed by atoms with Gasteiger partial charge < -0.3 is 30.6 Å². The monoisotopic (exact) mass is 382 g/mol. The molecule has 0 amide bonds. The largest absolute Gasteiger partial charge is 0.503 e. The second-order valence-corrected chi connectivity index (χ2v) is 6.56. The lowest BCUT2D eigenvalue weighted by Gasteiger charge is -2.12. The number of hydrogen-bond acceptors (Lipinski definition) is 5. The Balaban J connectivity index is -0.000000338. The van der Waals surface area contributed by atoms with Crippen LogP contribution in [0.25, 0.3) is 0 Å². The van der Waals surface area contributed by atoms with Gasteiger partial charge in [-0.15, -0.1) is 0 Å². The summed E-state index contributed by atoms with van der Waals surface area (Å²) in [6.07, 6.45) is 9.41. The van der Waals surface area contributed by atoms with Gasteiger partial charge >= 0.3 is 6.16 Å². The van der Waals surface area contributed by atoms with Crippen LogP contribution in [0, 0.1) is 5.92 Å². The average Bonchev–Trinajstić information content (AvgIpc) is 2.54. The predicted octanol–water partition coefficient (Wildman–Crippen LogP) is 4.17. The molecule has 0 saturated carbocycles. The van der Waals surface area contributed by atoms with Gasteiger partial charge in [0, 0.05) is 5.92 Å². The fourth-order valence-corrected chi connectivity index (χ4v) is 2.15. The highest BCUT2D eigenvalue weighted by Crippen LogP contribution is 2.12. The van der Waals surface area contributed by atoms with E-state index in [9.17, 15) is 0 Å². The molecule has 7 heteroatoms. The third-order valence-electron chi connectivity index (χ3n) is 3.84. The number of aliphatic hydroxyl groups is 4. The minimum Gasteiger partial charge on any atom is -0.450 e. The Bertz CT molecular complexity index is 267. The van der Waals surface area contributed by atoms with Crippen molar-refractivity contribution in [2.24, 2.45) is 5.92 Å². The summed E-state index contributed by atoms with van der Waals surface area (Å²) in [7, 11) is 0. The second kappa shape index (κ2) is 24.1. The van der Waals surface area contributed by atoms with Crippen LogP contribution in [0.4, 0.5) is 4.79 Å². The van der Waals surface area contributed by atoms with Crippen molar-refractivity contribution in [1.29, 1.82) is 0 Å². The second-order valence-electron chi connectivity index (χ2n) is 6.56. The zero-order valence-corrected chi connectivity index (χ0v) is 16.8. The van der Waals surface area contributed by atoms with E-state index in [-0.39, 0.29) is 5.92 Å². The Labute approximate surface area is 158 Å². The Kier molecular flexibility index (Phi) is 27.7. The van der Waals surface area contributed by atoms with E-state index in [0.29, 0.717) is 6.42 Å². The minimum atomic E-state index is -1.83. The normalized spacial score (nSPS) is 11.4.